The summed E-state index contributed by atoms with van der Waals surface area (Å²) < 4.78 is 0. The van der Waals surface area contributed by atoms with Crippen LogP contribution in [0.1, 0.15) is 54.0 Å². The Morgan fingerprint density at radius 3 is 2.89 bits per heavy atom. The first-order chi connectivity index (χ1) is 9.10. The maximum Gasteiger partial charge on any atom is 0.171 e. The highest BCUT2D eigenvalue weighted by atomic mass is 32.1. The van der Waals surface area contributed by atoms with Gasteiger partial charge in [-0.1, -0.05) is 13.8 Å². The molecule has 1 unspecified atom stereocenters. The minimum Gasteiger partial charge on any atom is -0.303 e. The summed E-state index contributed by atoms with van der Waals surface area (Å²) in [5.74, 6) is 0.983. The van der Waals surface area contributed by atoms with Gasteiger partial charge in [0.15, 0.2) is 5.78 Å². The largest absolute Gasteiger partial charge is 0.303 e. The van der Waals surface area contributed by atoms with Crippen molar-refractivity contribution in [2.24, 2.45) is 5.92 Å². The number of Topliss-reactive ketones (excluding diaryl/α,β-unsaturated/α-hetero) is 1. The van der Waals surface area contributed by atoms with Gasteiger partial charge in [-0.05, 0) is 31.7 Å². The summed E-state index contributed by atoms with van der Waals surface area (Å²) in [4.78, 5) is 19.6. The van der Waals surface area contributed by atoms with E-state index in [-0.39, 0.29) is 5.78 Å². The zero-order valence-corrected chi connectivity index (χ0v) is 13.1. The Hall–Kier alpha value is -0.740. The van der Waals surface area contributed by atoms with Gasteiger partial charge in [0.1, 0.15) is 0 Å². The van der Waals surface area contributed by atoms with E-state index in [2.05, 4.69) is 23.7 Å². The fraction of sp³-hybridized carbons (Fsp3) is 0.733. The number of likely N-dealkylation sites (tertiary alicyclic amines) is 1. The van der Waals surface area contributed by atoms with Gasteiger partial charge in [0.25, 0.3) is 0 Å². The summed E-state index contributed by atoms with van der Waals surface area (Å²) in [7, 11) is 0. The Bertz CT molecular complexity index is 441. The lowest BCUT2D eigenvalue weighted by Crippen LogP contribution is -2.35. The molecular weight excluding hydrogens is 256 g/mol. The highest BCUT2D eigenvalue weighted by molar-refractivity contribution is 7.13. The van der Waals surface area contributed by atoms with Gasteiger partial charge in [-0.3, -0.25) is 4.79 Å². The minimum atomic E-state index is 0.159. The number of carbonyl (C=O) groups excluding carboxylic acids is 1. The molecule has 106 valence electrons. The summed E-state index contributed by atoms with van der Waals surface area (Å²) in [6, 6.07) is 0. The highest BCUT2D eigenvalue weighted by Gasteiger charge is 2.18. The summed E-state index contributed by atoms with van der Waals surface area (Å²) in [5, 5.41) is 1.13. The molecule has 0 saturated carbocycles. The van der Waals surface area contributed by atoms with E-state index in [4.69, 9.17) is 0 Å². The number of hydrogen-bond acceptors (Lipinski definition) is 4. The van der Waals surface area contributed by atoms with E-state index in [1.165, 1.54) is 25.9 Å². The van der Waals surface area contributed by atoms with Crippen molar-refractivity contribution in [3.8, 4) is 0 Å². The van der Waals surface area contributed by atoms with Crippen molar-refractivity contribution in [2.75, 3.05) is 19.6 Å². The summed E-state index contributed by atoms with van der Waals surface area (Å²) >= 11 is 1.59. The van der Waals surface area contributed by atoms with Crippen LogP contribution < -0.4 is 0 Å². The van der Waals surface area contributed by atoms with E-state index in [1.54, 1.807) is 18.3 Å². The van der Waals surface area contributed by atoms with Crippen molar-refractivity contribution in [3.05, 3.63) is 15.6 Å². The van der Waals surface area contributed by atoms with Gasteiger partial charge < -0.3 is 4.90 Å². The van der Waals surface area contributed by atoms with E-state index >= 15 is 0 Å². The van der Waals surface area contributed by atoms with Gasteiger partial charge in [-0.15, -0.1) is 11.3 Å². The van der Waals surface area contributed by atoms with Gasteiger partial charge >= 0.3 is 0 Å². The standard InChI is InChI=1S/C15H24N2OS/c1-4-13-15(12(3)18)19-14(16-13)7-9-17-8-5-6-11(2)10-17/h11H,4-10H2,1-3H3. The van der Waals surface area contributed by atoms with Crippen molar-refractivity contribution in [1.82, 2.24) is 9.88 Å². The molecule has 2 heterocycles. The van der Waals surface area contributed by atoms with Crippen LogP contribution >= 0.6 is 11.3 Å². The molecular formula is C15H24N2OS. The normalized spacial score (nSPS) is 20.7. The average molecular weight is 280 g/mol. The zero-order chi connectivity index (χ0) is 13.8. The Morgan fingerprint density at radius 1 is 1.53 bits per heavy atom. The molecule has 0 aromatic carbocycles. The Balaban J connectivity index is 1.94. The second-order valence-electron chi connectivity index (χ2n) is 5.59. The van der Waals surface area contributed by atoms with Crippen molar-refractivity contribution in [2.45, 2.75) is 46.5 Å². The molecule has 19 heavy (non-hydrogen) atoms. The van der Waals surface area contributed by atoms with Crippen LogP contribution in [0.3, 0.4) is 0 Å². The molecule has 1 aliphatic heterocycles. The van der Waals surface area contributed by atoms with Crippen molar-refractivity contribution < 1.29 is 4.79 Å². The third kappa shape index (κ3) is 3.86. The lowest BCUT2D eigenvalue weighted by molar-refractivity contribution is 0.102. The van der Waals surface area contributed by atoms with Gasteiger partial charge in [0.05, 0.1) is 15.6 Å². The first-order valence-corrected chi connectivity index (χ1v) is 8.13. The van der Waals surface area contributed by atoms with Crippen LogP contribution in [0.15, 0.2) is 0 Å². The lowest BCUT2D eigenvalue weighted by atomic mass is 10.0. The van der Waals surface area contributed by atoms with Gasteiger partial charge in [0.2, 0.25) is 0 Å². The van der Waals surface area contributed by atoms with Crippen LogP contribution in [0.25, 0.3) is 0 Å². The molecule has 0 radical (unpaired) electrons. The molecule has 0 N–H and O–H groups in total. The Kier molecular flexibility index (Phi) is 5.11. The van der Waals surface area contributed by atoms with E-state index in [0.29, 0.717) is 0 Å². The molecule has 1 atom stereocenters. The molecule has 1 fully saturated rings. The molecule has 1 saturated heterocycles. The average Bonchev–Trinajstić information content (AvgIpc) is 2.80. The summed E-state index contributed by atoms with van der Waals surface area (Å²) in [6.45, 7) is 9.55. The number of nitrogens with zero attached hydrogens (tertiary/aromatic N) is 2. The second kappa shape index (κ2) is 6.62. The molecule has 1 aromatic heterocycles. The number of thiazole rings is 1. The molecule has 1 aromatic rings. The minimum absolute atomic E-state index is 0.159. The fourth-order valence-electron chi connectivity index (χ4n) is 2.77. The fourth-order valence-corrected chi connectivity index (χ4v) is 3.80. The van der Waals surface area contributed by atoms with Crippen LogP contribution in [0.4, 0.5) is 0 Å². The first-order valence-electron chi connectivity index (χ1n) is 7.32. The molecule has 1 aliphatic rings. The monoisotopic (exact) mass is 280 g/mol. The number of hydrogen-bond donors (Lipinski definition) is 0. The summed E-state index contributed by atoms with van der Waals surface area (Å²) in [6.07, 6.45) is 4.52. The van der Waals surface area contributed by atoms with Crippen LogP contribution in [-0.4, -0.2) is 35.3 Å². The first kappa shape index (κ1) is 14.7. The third-order valence-corrected chi connectivity index (χ3v) is 5.04. The van der Waals surface area contributed by atoms with Crippen molar-refractivity contribution in [1.29, 1.82) is 0 Å². The number of carbonyl (C=O) groups is 1. The van der Waals surface area contributed by atoms with Gasteiger partial charge in [-0.25, -0.2) is 4.98 Å². The quantitative estimate of drug-likeness (QED) is 0.777. The maximum absolute atomic E-state index is 11.5. The lowest BCUT2D eigenvalue weighted by Gasteiger charge is -2.30. The zero-order valence-electron chi connectivity index (χ0n) is 12.2. The predicted molar refractivity (Wildman–Crippen MR) is 80.0 cm³/mol. The van der Waals surface area contributed by atoms with E-state index in [9.17, 15) is 4.79 Å². The van der Waals surface area contributed by atoms with Crippen LogP contribution in [0.5, 0.6) is 0 Å². The molecule has 0 bridgehead atoms. The van der Waals surface area contributed by atoms with Crippen molar-refractivity contribution >= 4 is 17.1 Å². The number of ketones is 1. The molecule has 3 nitrogen and oxygen atoms in total. The van der Waals surface area contributed by atoms with Crippen molar-refractivity contribution in [3.63, 3.8) is 0 Å². The maximum atomic E-state index is 11.5. The summed E-state index contributed by atoms with van der Waals surface area (Å²) in [5.41, 5.74) is 0.986. The molecule has 0 spiro atoms. The second-order valence-corrected chi connectivity index (χ2v) is 6.67. The van der Waals surface area contributed by atoms with Crippen LogP contribution in [0.2, 0.25) is 0 Å². The SMILES string of the molecule is CCc1nc(CCN2CCCC(C)C2)sc1C(C)=O. The molecule has 4 heteroatoms. The number of aryl methyl sites for hydroxylation is 1. The Labute approximate surface area is 120 Å². The molecule has 0 aliphatic carbocycles. The topological polar surface area (TPSA) is 33.2 Å². The van der Waals surface area contributed by atoms with Gasteiger partial charge in [0, 0.05) is 26.4 Å². The van der Waals surface area contributed by atoms with E-state index in [1.807, 2.05) is 0 Å². The highest BCUT2D eigenvalue weighted by Crippen LogP contribution is 2.21. The number of rotatable bonds is 5. The molecule has 2 rings (SSSR count). The van der Waals surface area contributed by atoms with E-state index in [0.717, 1.165) is 40.9 Å². The van der Waals surface area contributed by atoms with Crippen LogP contribution in [-0.2, 0) is 12.8 Å². The predicted octanol–water partition coefficient (Wildman–Crippen LogP) is 3.18. The third-order valence-electron chi connectivity index (χ3n) is 3.78. The Morgan fingerprint density at radius 2 is 2.32 bits per heavy atom. The number of aromatic nitrogens is 1. The van der Waals surface area contributed by atoms with E-state index < -0.39 is 0 Å². The van der Waals surface area contributed by atoms with Crippen LogP contribution in [0, 0.1) is 5.92 Å². The molecule has 0 amide bonds. The smallest absolute Gasteiger partial charge is 0.171 e. The van der Waals surface area contributed by atoms with Gasteiger partial charge in [-0.2, -0.15) is 0 Å². The number of piperidine rings is 1.